The van der Waals surface area contributed by atoms with Crippen molar-refractivity contribution in [2.45, 2.75) is 44.2 Å². The quantitative estimate of drug-likeness (QED) is 0.640. The molecule has 2 fully saturated rings. The molecule has 2 rings (SSSR count). The monoisotopic (exact) mass is 199 g/mol. The van der Waals surface area contributed by atoms with Gasteiger partial charge >= 0.3 is 5.97 Å². The second-order valence-electron chi connectivity index (χ2n) is 4.08. The van der Waals surface area contributed by atoms with Crippen LogP contribution >= 0.6 is 0 Å². The first kappa shape index (κ1) is 9.93. The molecule has 3 unspecified atom stereocenters. The minimum Gasteiger partial charge on any atom is -0.468 e. The highest BCUT2D eigenvalue weighted by atomic mass is 16.7. The summed E-state index contributed by atoms with van der Waals surface area (Å²) in [5.74, 6) is 0.115. The maximum atomic E-state index is 11.4. The van der Waals surface area contributed by atoms with Crippen molar-refractivity contribution in [3.8, 4) is 0 Å². The Bertz CT molecular complexity index is 219. The van der Waals surface area contributed by atoms with Gasteiger partial charge in [0, 0.05) is 5.92 Å². The van der Waals surface area contributed by atoms with Gasteiger partial charge in [0.25, 0.3) is 0 Å². The Labute approximate surface area is 83.9 Å². The van der Waals surface area contributed by atoms with Crippen LogP contribution in [0, 0.1) is 5.92 Å². The molecule has 0 spiro atoms. The fourth-order valence-corrected chi connectivity index (χ4v) is 2.43. The van der Waals surface area contributed by atoms with Crippen molar-refractivity contribution in [1.29, 1.82) is 0 Å². The minimum atomic E-state index is -0.247. The number of carbonyl (C=O) groups excluding carboxylic acids is 1. The van der Waals surface area contributed by atoms with E-state index in [2.05, 4.69) is 5.48 Å². The van der Waals surface area contributed by atoms with Gasteiger partial charge in [0.2, 0.25) is 0 Å². The van der Waals surface area contributed by atoms with Gasteiger partial charge in [-0.15, -0.1) is 0 Å². The number of hydroxylamine groups is 1. The van der Waals surface area contributed by atoms with Crippen molar-refractivity contribution >= 4 is 5.97 Å². The number of carbonyl (C=O) groups is 1. The van der Waals surface area contributed by atoms with Crippen LogP contribution in [0.15, 0.2) is 0 Å². The largest absolute Gasteiger partial charge is 0.468 e. The Morgan fingerprint density at radius 3 is 2.93 bits per heavy atom. The van der Waals surface area contributed by atoms with Crippen molar-refractivity contribution in [1.82, 2.24) is 5.48 Å². The van der Waals surface area contributed by atoms with E-state index in [1.165, 1.54) is 26.4 Å². The van der Waals surface area contributed by atoms with E-state index in [4.69, 9.17) is 9.57 Å². The summed E-state index contributed by atoms with van der Waals surface area (Å²) in [6.07, 6.45) is 5.99. The fraction of sp³-hybridized carbons (Fsp3) is 0.900. The molecule has 0 aromatic rings. The lowest BCUT2D eigenvalue weighted by Gasteiger charge is -2.16. The Kier molecular flexibility index (Phi) is 3.03. The van der Waals surface area contributed by atoms with Crippen molar-refractivity contribution in [3.05, 3.63) is 0 Å². The van der Waals surface area contributed by atoms with Gasteiger partial charge < -0.3 is 4.74 Å². The van der Waals surface area contributed by atoms with E-state index < -0.39 is 0 Å². The Hall–Kier alpha value is -0.610. The third-order valence-electron chi connectivity index (χ3n) is 3.23. The number of fused-ring (bicyclic) bond motifs is 1. The molecule has 14 heavy (non-hydrogen) atoms. The van der Waals surface area contributed by atoms with Crippen LogP contribution in [0.1, 0.15) is 32.1 Å². The summed E-state index contributed by atoms with van der Waals surface area (Å²) in [7, 11) is 1.42. The highest BCUT2D eigenvalue weighted by Gasteiger charge is 2.42. The number of methoxy groups -OCH3 is 1. The van der Waals surface area contributed by atoms with Gasteiger partial charge in [-0.1, -0.05) is 19.3 Å². The van der Waals surface area contributed by atoms with E-state index in [1.54, 1.807) is 0 Å². The van der Waals surface area contributed by atoms with E-state index in [0.29, 0.717) is 5.92 Å². The highest BCUT2D eigenvalue weighted by molar-refractivity contribution is 5.76. The number of nitrogens with one attached hydrogen (secondary N) is 1. The molecule has 3 atom stereocenters. The molecule has 0 amide bonds. The average molecular weight is 199 g/mol. The number of hydrogen-bond acceptors (Lipinski definition) is 4. The molecular weight excluding hydrogens is 182 g/mol. The summed E-state index contributed by atoms with van der Waals surface area (Å²) >= 11 is 0. The van der Waals surface area contributed by atoms with Gasteiger partial charge in [-0.25, -0.2) is 0 Å². The summed E-state index contributed by atoms with van der Waals surface area (Å²) in [4.78, 5) is 16.8. The number of hydrogen-bond donors (Lipinski definition) is 1. The molecule has 1 heterocycles. The van der Waals surface area contributed by atoms with E-state index in [1.807, 2.05) is 0 Å². The van der Waals surface area contributed by atoms with Crippen LogP contribution in [0.5, 0.6) is 0 Å². The molecule has 1 saturated carbocycles. The van der Waals surface area contributed by atoms with Crippen LogP contribution in [0.2, 0.25) is 0 Å². The van der Waals surface area contributed by atoms with Gasteiger partial charge in [-0.05, 0) is 12.8 Å². The zero-order valence-electron chi connectivity index (χ0n) is 8.49. The predicted octanol–water partition coefficient (Wildman–Crippen LogP) is 1.01. The summed E-state index contributed by atoms with van der Waals surface area (Å²) in [6, 6.07) is -0.247. The molecule has 0 aromatic carbocycles. The molecule has 0 radical (unpaired) electrons. The molecule has 1 saturated heterocycles. The van der Waals surface area contributed by atoms with Crippen LogP contribution in [-0.4, -0.2) is 25.2 Å². The van der Waals surface area contributed by atoms with Gasteiger partial charge in [0.15, 0.2) is 0 Å². The normalized spacial score (nSPS) is 37.4. The smallest absolute Gasteiger partial charge is 0.325 e. The molecule has 4 nitrogen and oxygen atoms in total. The summed E-state index contributed by atoms with van der Waals surface area (Å²) in [6.45, 7) is 0. The number of ether oxygens (including phenoxy) is 1. The zero-order chi connectivity index (χ0) is 9.97. The molecule has 80 valence electrons. The lowest BCUT2D eigenvalue weighted by atomic mass is 9.91. The third-order valence-corrected chi connectivity index (χ3v) is 3.23. The van der Waals surface area contributed by atoms with E-state index in [-0.39, 0.29) is 18.1 Å². The first-order valence-corrected chi connectivity index (χ1v) is 5.32. The first-order chi connectivity index (χ1) is 6.83. The maximum absolute atomic E-state index is 11.4. The second kappa shape index (κ2) is 4.28. The van der Waals surface area contributed by atoms with Gasteiger partial charge in [0.1, 0.15) is 6.04 Å². The fourth-order valence-electron chi connectivity index (χ4n) is 2.43. The summed E-state index contributed by atoms with van der Waals surface area (Å²) < 4.78 is 4.74. The van der Waals surface area contributed by atoms with Crippen LogP contribution < -0.4 is 5.48 Å². The number of esters is 1. The lowest BCUT2D eigenvalue weighted by Crippen LogP contribution is -2.37. The lowest BCUT2D eigenvalue weighted by molar-refractivity contribution is -0.145. The SMILES string of the molecule is COC(=O)C1NOC2CCCCCC21. The molecular formula is C10H17NO3. The van der Waals surface area contributed by atoms with Crippen LogP contribution in [0.4, 0.5) is 0 Å². The third kappa shape index (κ3) is 1.77. The van der Waals surface area contributed by atoms with Gasteiger partial charge in [-0.2, -0.15) is 5.48 Å². The Balaban J connectivity index is 2.03. The topological polar surface area (TPSA) is 47.6 Å². The van der Waals surface area contributed by atoms with Crippen molar-refractivity contribution in [3.63, 3.8) is 0 Å². The molecule has 4 heteroatoms. The van der Waals surface area contributed by atoms with Crippen molar-refractivity contribution in [2.24, 2.45) is 5.92 Å². The highest BCUT2D eigenvalue weighted by Crippen LogP contribution is 2.32. The van der Waals surface area contributed by atoms with Crippen LogP contribution in [0.3, 0.4) is 0 Å². The second-order valence-corrected chi connectivity index (χ2v) is 4.08. The van der Waals surface area contributed by atoms with Crippen molar-refractivity contribution < 1.29 is 14.4 Å². The molecule has 1 aliphatic heterocycles. The molecule has 0 aromatic heterocycles. The average Bonchev–Trinajstić information content (AvgIpc) is 2.46. The number of rotatable bonds is 1. The zero-order valence-corrected chi connectivity index (χ0v) is 8.49. The molecule has 2 aliphatic rings. The van der Waals surface area contributed by atoms with E-state index in [0.717, 1.165) is 12.8 Å². The predicted molar refractivity (Wildman–Crippen MR) is 50.4 cm³/mol. The van der Waals surface area contributed by atoms with E-state index in [9.17, 15) is 4.79 Å². The summed E-state index contributed by atoms with van der Waals surface area (Å²) in [5, 5.41) is 0. The maximum Gasteiger partial charge on any atom is 0.325 e. The Morgan fingerprint density at radius 2 is 2.14 bits per heavy atom. The van der Waals surface area contributed by atoms with Gasteiger partial charge in [0.05, 0.1) is 13.2 Å². The minimum absolute atomic E-state index is 0.195. The standard InChI is InChI=1S/C10H17NO3/c1-13-10(12)9-7-5-3-2-4-6-8(7)14-11-9/h7-9,11H,2-6H2,1H3. The Morgan fingerprint density at radius 1 is 1.36 bits per heavy atom. The summed E-state index contributed by atoms with van der Waals surface area (Å²) in [5.41, 5.74) is 2.80. The van der Waals surface area contributed by atoms with Crippen LogP contribution in [-0.2, 0) is 14.4 Å². The first-order valence-electron chi connectivity index (χ1n) is 5.32. The van der Waals surface area contributed by atoms with Crippen LogP contribution in [0.25, 0.3) is 0 Å². The molecule has 0 bridgehead atoms. The van der Waals surface area contributed by atoms with Crippen molar-refractivity contribution in [2.75, 3.05) is 7.11 Å². The van der Waals surface area contributed by atoms with E-state index >= 15 is 0 Å². The molecule has 1 aliphatic carbocycles. The van der Waals surface area contributed by atoms with Gasteiger partial charge in [-0.3, -0.25) is 9.63 Å². The molecule has 1 N–H and O–H groups in total.